The number of benzene rings is 1. The van der Waals surface area contributed by atoms with E-state index in [1.807, 2.05) is 7.05 Å². The van der Waals surface area contributed by atoms with Gasteiger partial charge in [0.25, 0.3) is 0 Å². The molecule has 0 amide bonds. The molecule has 0 heterocycles. The summed E-state index contributed by atoms with van der Waals surface area (Å²) in [5, 5.41) is 3.13. The van der Waals surface area contributed by atoms with Crippen molar-refractivity contribution in [2.75, 3.05) is 12.4 Å². The fraction of sp³-hybridized carbons (Fsp3) is 0.231. The molecular weight excluding hydrogens is 170 g/mol. The number of rotatable bonds is 2. The summed E-state index contributed by atoms with van der Waals surface area (Å²) in [5.74, 6) is 0.561. The van der Waals surface area contributed by atoms with Crippen molar-refractivity contribution in [1.82, 2.24) is 0 Å². The standard InChI is InChI=1S/C13H15N/c1-14-13-9-7-12(8-10-13)11-5-3-2-4-6-11/h2-5,7-11,14H,6H2,1H3. The number of nitrogens with one attached hydrogen (secondary N) is 1. The van der Waals surface area contributed by atoms with Gasteiger partial charge in [0.2, 0.25) is 0 Å². The highest BCUT2D eigenvalue weighted by atomic mass is 14.8. The molecule has 1 aliphatic rings. The van der Waals surface area contributed by atoms with Crippen molar-refractivity contribution in [1.29, 1.82) is 0 Å². The normalized spacial score (nSPS) is 19.6. The number of hydrogen-bond acceptors (Lipinski definition) is 1. The fourth-order valence-electron chi connectivity index (χ4n) is 1.72. The van der Waals surface area contributed by atoms with Crippen molar-refractivity contribution in [3.05, 3.63) is 54.1 Å². The third-order valence-electron chi connectivity index (χ3n) is 2.61. The summed E-state index contributed by atoms with van der Waals surface area (Å²) in [7, 11) is 1.94. The lowest BCUT2D eigenvalue weighted by atomic mass is 9.92. The van der Waals surface area contributed by atoms with E-state index in [9.17, 15) is 0 Å². The molecule has 0 radical (unpaired) electrons. The van der Waals surface area contributed by atoms with Crippen LogP contribution in [-0.4, -0.2) is 7.05 Å². The first-order valence-corrected chi connectivity index (χ1v) is 5.01. The minimum atomic E-state index is 0.561. The molecule has 0 saturated heterocycles. The highest BCUT2D eigenvalue weighted by Gasteiger charge is 2.07. The lowest BCUT2D eigenvalue weighted by Crippen LogP contribution is -1.96. The average molecular weight is 185 g/mol. The second-order valence-electron chi connectivity index (χ2n) is 3.53. The second kappa shape index (κ2) is 4.14. The Morgan fingerprint density at radius 3 is 2.50 bits per heavy atom. The molecule has 14 heavy (non-hydrogen) atoms. The molecule has 1 unspecified atom stereocenters. The van der Waals surface area contributed by atoms with E-state index in [-0.39, 0.29) is 0 Å². The molecule has 0 spiro atoms. The average Bonchev–Trinajstić information content (AvgIpc) is 2.30. The summed E-state index contributed by atoms with van der Waals surface area (Å²) in [6, 6.07) is 8.64. The molecule has 1 heteroatoms. The minimum Gasteiger partial charge on any atom is -0.388 e. The van der Waals surface area contributed by atoms with E-state index in [1.165, 1.54) is 11.3 Å². The molecule has 1 aliphatic carbocycles. The van der Waals surface area contributed by atoms with Crippen molar-refractivity contribution in [3.63, 3.8) is 0 Å². The van der Waals surface area contributed by atoms with Gasteiger partial charge in [-0.3, -0.25) is 0 Å². The summed E-state index contributed by atoms with van der Waals surface area (Å²) in [4.78, 5) is 0. The van der Waals surface area contributed by atoms with Gasteiger partial charge in [-0.1, -0.05) is 36.4 Å². The maximum atomic E-state index is 3.13. The molecular formula is C13H15N. The molecule has 0 aromatic heterocycles. The zero-order valence-corrected chi connectivity index (χ0v) is 8.40. The van der Waals surface area contributed by atoms with E-state index >= 15 is 0 Å². The Kier molecular flexibility index (Phi) is 2.68. The van der Waals surface area contributed by atoms with Crippen molar-refractivity contribution < 1.29 is 0 Å². The molecule has 2 rings (SSSR count). The van der Waals surface area contributed by atoms with E-state index in [0.29, 0.717) is 5.92 Å². The molecule has 1 N–H and O–H groups in total. The van der Waals surface area contributed by atoms with Gasteiger partial charge in [-0.15, -0.1) is 0 Å². The van der Waals surface area contributed by atoms with Gasteiger partial charge in [-0.05, 0) is 24.1 Å². The first-order chi connectivity index (χ1) is 6.90. The molecule has 1 nitrogen and oxygen atoms in total. The van der Waals surface area contributed by atoms with E-state index < -0.39 is 0 Å². The number of allylic oxidation sites excluding steroid dienone is 4. The zero-order valence-electron chi connectivity index (χ0n) is 8.40. The predicted molar refractivity (Wildman–Crippen MR) is 61.6 cm³/mol. The van der Waals surface area contributed by atoms with Crippen molar-refractivity contribution in [2.45, 2.75) is 12.3 Å². The summed E-state index contributed by atoms with van der Waals surface area (Å²) in [5.41, 5.74) is 2.56. The van der Waals surface area contributed by atoms with Crippen LogP contribution in [0.2, 0.25) is 0 Å². The molecule has 72 valence electrons. The van der Waals surface area contributed by atoms with Gasteiger partial charge < -0.3 is 5.32 Å². The summed E-state index contributed by atoms with van der Waals surface area (Å²) in [6.45, 7) is 0. The van der Waals surface area contributed by atoms with Crippen LogP contribution in [0.4, 0.5) is 5.69 Å². The Balaban J connectivity index is 2.16. The van der Waals surface area contributed by atoms with Crippen molar-refractivity contribution in [3.8, 4) is 0 Å². The SMILES string of the molecule is CNc1ccc(C2C=CC=CC2)cc1. The Morgan fingerprint density at radius 2 is 1.93 bits per heavy atom. The van der Waals surface area contributed by atoms with Crippen LogP contribution in [0.3, 0.4) is 0 Å². The summed E-state index contributed by atoms with van der Waals surface area (Å²) >= 11 is 0. The molecule has 0 fully saturated rings. The number of anilines is 1. The van der Waals surface area contributed by atoms with Crippen LogP contribution in [0.5, 0.6) is 0 Å². The first kappa shape index (κ1) is 9.07. The summed E-state index contributed by atoms with van der Waals surface area (Å²) < 4.78 is 0. The monoisotopic (exact) mass is 185 g/mol. The Hall–Kier alpha value is -1.50. The van der Waals surface area contributed by atoms with Gasteiger partial charge in [0.1, 0.15) is 0 Å². The van der Waals surface area contributed by atoms with Crippen LogP contribution in [0.25, 0.3) is 0 Å². The lowest BCUT2D eigenvalue weighted by Gasteiger charge is -2.13. The second-order valence-corrected chi connectivity index (χ2v) is 3.53. The van der Waals surface area contributed by atoms with Crippen LogP contribution in [0.1, 0.15) is 17.9 Å². The zero-order chi connectivity index (χ0) is 9.80. The third kappa shape index (κ3) is 1.87. The highest BCUT2D eigenvalue weighted by molar-refractivity contribution is 5.45. The van der Waals surface area contributed by atoms with E-state index in [4.69, 9.17) is 0 Å². The van der Waals surface area contributed by atoms with Crippen molar-refractivity contribution in [2.24, 2.45) is 0 Å². The first-order valence-electron chi connectivity index (χ1n) is 5.01. The minimum absolute atomic E-state index is 0.561. The van der Waals surface area contributed by atoms with Crippen LogP contribution in [0, 0.1) is 0 Å². The van der Waals surface area contributed by atoms with Gasteiger partial charge in [0.15, 0.2) is 0 Å². The smallest absolute Gasteiger partial charge is 0.0337 e. The molecule has 0 saturated carbocycles. The van der Waals surface area contributed by atoms with E-state index in [0.717, 1.165) is 6.42 Å². The Morgan fingerprint density at radius 1 is 1.14 bits per heavy atom. The Labute approximate surface area is 85.2 Å². The van der Waals surface area contributed by atoms with E-state index in [2.05, 4.69) is 53.9 Å². The maximum absolute atomic E-state index is 3.13. The molecule has 1 aromatic carbocycles. The van der Waals surface area contributed by atoms with Crippen LogP contribution in [-0.2, 0) is 0 Å². The van der Waals surface area contributed by atoms with Crippen molar-refractivity contribution >= 4 is 5.69 Å². The predicted octanol–water partition coefficient (Wildman–Crippen LogP) is 3.33. The quantitative estimate of drug-likeness (QED) is 0.745. The molecule has 1 aromatic rings. The van der Waals surface area contributed by atoms with Crippen LogP contribution in [0.15, 0.2) is 48.6 Å². The van der Waals surface area contributed by atoms with Gasteiger partial charge >= 0.3 is 0 Å². The number of hydrogen-bond donors (Lipinski definition) is 1. The van der Waals surface area contributed by atoms with Gasteiger partial charge in [0.05, 0.1) is 0 Å². The molecule has 1 atom stereocenters. The third-order valence-corrected chi connectivity index (χ3v) is 2.61. The van der Waals surface area contributed by atoms with Gasteiger partial charge in [-0.2, -0.15) is 0 Å². The molecule has 0 bridgehead atoms. The highest BCUT2D eigenvalue weighted by Crippen LogP contribution is 2.25. The van der Waals surface area contributed by atoms with Crippen LogP contribution < -0.4 is 5.32 Å². The van der Waals surface area contributed by atoms with Gasteiger partial charge in [-0.25, -0.2) is 0 Å². The summed E-state index contributed by atoms with van der Waals surface area (Å²) in [6.07, 6.45) is 9.83. The van der Waals surface area contributed by atoms with Gasteiger partial charge in [0, 0.05) is 18.7 Å². The Bertz CT molecular complexity index is 346. The van der Waals surface area contributed by atoms with E-state index in [1.54, 1.807) is 0 Å². The van der Waals surface area contributed by atoms with Crippen LogP contribution >= 0.6 is 0 Å². The topological polar surface area (TPSA) is 12.0 Å². The molecule has 0 aliphatic heterocycles. The lowest BCUT2D eigenvalue weighted by molar-refractivity contribution is 0.854. The fourth-order valence-corrected chi connectivity index (χ4v) is 1.72. The maximum Gasteiger partial charge on any atom is 0.0337 e. The largest absolute Gasteiger partial charge is 0.388 e.